The van der Waals surface area contributed by atoms with Crippen molar-refractivity contribution in [3.8, 4) is 0 Å². The van der Waals surface area contributed by atoms with Gasteiger partial charge in [-0.05, 0) is 12.1 Å². The van der Waals surface area contributed by atoms with E-state index in [0.717, 1.165) is 44.5 Å². The molecule has 0 saturated carbocycles. The van der Waals surface area contributed by atoms with Crippen LogP contribution in [-0.4, -0.2) is 81.5 Å². The Labute approximate surface area is 137 Å². The van der Waals surface area contributed by atoms with E-state index in [1.54, 1.807) is 0 Å². The Hall–Kier alpha value is -1.86. The Morgan fingerprint density at radius 3 is 2.83 bits per heavy atom. The molecule has 23 heavy (non-hydrogen) atoms. The van der Waals surface area contributed by atoms with Crippen molar-refractivity contribution < 1.29 is 9.47 Å². The molecule has 0 aromatic carbocycles. The molecule has 2 saturated heterocycles. The second-order valence-corrected chi connectivity index (χ2v) is 5.66. The Morgan fingerprint density at radius 2 is 2.17 bits per heavy atom. The molecule has 7 heteroatoms. The number of aliphatic imine (C=N–C) groups is 1. The second kappa shape index (κ2) is 8.12. The summed E-state index contributed by atoms with van der Waals surface area (Å²) in [4.78, 5) is 13.4. The van der Waals surface area contributed by atoms with E-state index in [1.165, 1.54) is 0 Å². The van der Waals surface area contributed by atoms with E-state index in [0.29, 0.717) is 19.8 Å². The summed E-state index contributed by atoms with van der Waals surface area (Å²) in [5, 5.41) is 3.40. The standard InChI is InChI=1S/C16H25N5O2/c1-17-16(19-12-14-13-22-10-11-23-14)21-8-6-20(7-9-21)15-4-2-3-5-18-15/h2-5,14H,6-13H2,1H3,(H,17,19). The Morgan fingerprint density at radius 1 is 1.30 bits per heavy atom. The lowest BCUT2D eigenvalue weighted by molar-refractivity contribution is -0.0851. The first-order valence-corrected chi connectivity index (χ1v) is 8.18. The molecule has 2 aliphatic rings. The lowest BCUT2D eigenvalue weighted by Crippen LogP contribution is -2.54. The molecule has 1 aromatic rings. The van der Waals surface area contributed by atoms with Crippen LogP contribution in [0.3, 0.4) is 0 Å². The number of aromatic nitrogens is 1. The van der Waals surface area contributed by atoms with Crippen LogP contribution >= 0.6 is 0 Å². The van der Waals surface area contributed by atoms with Crippen molar-refractivity contribution in [3.63, 3.8) is 0 Å². The van der Waals surface area contributed by atoms with Gasteiger partial charge in [0, 0.05) is 46.0 Å². The Bertz CT molecular complexity index is 496. The normalized spacial score (nSPS) is 23.0. The van der Waals surface area contributed by atoms with E-state index in [-0.39, 0.29) is 6.10 Å². The number of guanidine groups is 1. The average Bonchev–Trinajstić information content (AvgIpc) is 2.64. The van der Waals surface area contributed by atoms with Crippen LogP contribution in [-0.2, 0) is 9.47 Å². The molecule has 0 radical (unpaired) electrons. The first-order chi connectivity index (χ1) is 11.4. The van der Waals surface area contributed by atoms with Gasteiger partial charge in [-0.3, -0.25) is 4.99 Å². The number of hydrogen-bond donors (Lipinski definition) is 1. The molecule has 0 amide bonds. The van der Waals surface area contributed by atoms with Gasteiger partial charge in [0.1, 0.15) is 5.82 Å². The van der Waals surface area contributed by atoms with Crippen molar-refractivity contribution >= 4 is 11.8 Å². The molecule has 3 heterocycles. The van der Waals surface area contributed by atoms with Gasteiger partial charge in [-0.1, -0.05) is 6.07 Å². The van der Waals surface area contributed by atoms with Crippen LogP contribution < -0.4 is 10.2 Å². The monoisotopic (exact) mass is 319 g/mol. The zero-order chi connectivity index (χ0) is 15.9. The minimum Gasteiger partial charge on any atom is -0.376 e. The molecule has 3 rings (SSSR count). The number of anilines is 1. The molecule has 1 aromatic heterocycles. The predicted molar refractivity (Wildman–Crippen MR) is 89.9 cm³/mol. The van der Waals surface area contributed by atoms with Crippen molar-refractivity contribution in [2.75, 3.05) is 64.5 Å². The highest BCUT2D eigenvalue weighted by atomic mass is 16.6. The van der Waals surface area contributed by atoms with Crippen LogP contribution in [0.5, 0.6) is 0 Å². The molecule has 0 aliphatic carbocycles. The summed E-state index contributed by atoms with van der Waals surface area (Å²) >= 11 is 0. The summed E-state index contributed by atoms with van der Waals surface area (Å²) < 4.78 is 11.1. The minimum atomic E-state index is 0.107. The van der Waals surface area contributed by atoms with Crippen LogP contribution in [0.2, 0.25) is 0 Å². The van der Waals surface area contributed by atoms with E-state index < -0.39 is 0 Å². The van der Waals surface area contributed by atoms with Crippen molar-refractivity contribution in [1.29, 1.82) is 0 Å². The third kappa shape index (κ3) is 4.33. The Balaban J connectivity index is 1.47. The summed E-state index contributed by atoms with van der Waals surface area (Å²) in [5.74, 6) is 1.97. The fraction of sp³-hybridized carbons (Fsp3) is 0.625. The van der Waals surface area contributed by atoms with Gasteiger partial charge in [0.05, 0.1) is 25.9 Å². The molecule has 2 fully saturated rings. The summed E-state index contributed by atoms with van der Waals surface area (Å²) in [6, 6.07) is 6.03. The lowest BCUT2D eigenvalue weighted by Gasteiger charge is -2.37. The average molecular weight is 319 g/mol. The number of nitrogens with one attached hydrogen (secondary N) is 1. The van der Waals surface area contributed by atoms with E-state index in [4.69, 9.17) is 9.47 Å². The highest BCUT2D eigenvalue weighted by molar-refractivity contribution is 5.80. The van der Waals surface area contributed by atoms with Crippen molar-refractivity contribution in [1.82, 2.24) is 15.2 Å². The maximum atomic E-state index is 5.66. The maximum absolute atomic E-state index is 5.66. The first kappa shape index (κ1) is 16.0. The van der Waals surface area contributed by atoms with E-state index in [2.05, 4.69) is 31.2 Å². The molecule has 0 spiro atoms. The maximum Gasteiger partial charge on any atom is 0.193 e. The van der Waals surface area contributed by atoms with Gasteiger partial charge in [0.25, 0.3) is 0 Å². The van der Waals surface area contributed by atoms with Gasteiger partial charge in [-0.15, -0.1) is 0 Å². The van der Waals surface area contributed by atoms with Gasteiger partial charge >= 0.3 is 0 Å². The summed E-state index contributed by atoms with van der Waals surface area (Å²) in [6.45, 7) is 6.50. The van der Waals surface area contributed by atoms with Gasteiger partial charge in [-0.25, -0.2) is 4.98 Å². The third-order valence-corrected chi connectivity index (χ3v) is 4.14. The topological polar surface area (TPSA) is 62.2 Å². The van der Waals surface area contributed by atoms with Crippen molar-refractivity contribution in [3.05, 3.63) is 24.4 Å². The molecule has 7 nitrogen and oxygen atoms in total. The minimum absolute atomic E-state index is 0.107. The summed E-state index contributed by atoms with van der Waals surface area (Å²) in [6.07, 6.45) is 1.95. The zero-order valence-electron chi connectivity index (χ0n) is 13.6. The van der Waals surface area contributed by atoms with Crippen LogP contribution in [0.1, 0.15) is 0 Å². The van der Waals surface area contributed by atoms with Crippen LogP contribution in [0, 0.1) is 0 Å². The molecular formula is C16H25N5O2. The molecule has 2 aliphatic heterocycles. The largest absolute Gasteiger partial charge is 0.376 e. The highest BCUT2D eigenvalue weighted by Crippen LogP contribution is 2.12. The van der Waals surface area contributed by atoms with Gasteiger partial charge in [-0.2, -0.15) is 0 Å². The van der Waals surface area contributed by atoms with Gasteiger partial charge in [0.2, 0.25) is 0 Å². The van der Waals surface area contributed by atoms with E-state index >= 15 is 0 Å². The van der Waals surface area contributed by atoms with Gasteiger partial charge < -0.3 is 24.6 Å². The predicted octanol–water partition coefficient (Wildman–Crippen LogP) is 0.194. The first-order valence-electron chi connectivity index (χ1n) is 8.18. The molecule has 1 N–H and O–H groups in total. The number of rotatable bonds is 3. The molecule has 0 bridgehead atoms. The van der Waals surface area contributed by atoms with Crippen LogP contribution in [0.25, 0.3) is 0 Å². The lowest BCUT2D eigenvalue weighted by atomic mass is 10.3. The molecule has 1 unspecified atom stereocenters. The number of nitrogens with zero attached hydrogens (tertiary/aromatic N) is 4. The van der Waals surface area contributed by atoms with Gasteiger partial charge in [0.15, 0.2) is 5.96 Å². The number of pyridine rings is 1. The number of piperazine rings is 1. The molecule has 1 atom stereocenters. The SMILES string of the molecule is CN=C(NCC1COCCO1)N1CCN(c2ccccn2)CC1. The van der Waals surface area contributed by atoms with Crippen molar-refractivity contribution in [2.45, 2.75) is 6.10 Å². The summed E-state index contributed by atoms with van der Waals surface area (Å²) in [5.41, 5.74) is 0. The highest BCUT2D eigenvalue weighted by Gasteiger charge is 2.21. The smallest absolute Gasteiger partial charge is 0.193 e. The molecular weight excluding hydrogens is 294 g/mol. The van der Waals surface area contributed by atoms with Crippen LogP contribution in [0.4, 0.5) is 5.82 Å². The Kier molecular flexibility index (Phi) is 5.65. The summed E-state index contributed by atoms with van der Waals surface area (Å²) in [7, 11) is 1.83. The van der Waals surface area contributed by atoms with E-state index in [1.807, 2.05) is 25.4 Å². The van der Waals surface area contributed by atoms with E-state index in [9.17, 15) is 0 Å². The quantitative estimate of drug-likeness (QED) is 0.634. The zero-order valence-corrected chi connectivity index (χ0v) is 13.6. The number of ether oxygens (including phenoxy) is 2. The van der Waals surface area contributed by atoms with Crippen LogP contribution in [0.15, 0.2) is 29.4 Å². The second-order valence-electron chi connectivity index (χ2n) is 5.66. The molecule has 126 valence electrons. The third-order valence-electron chi connectivity index (χ3n) is 4.14. The number of hydrogen-bond acceptors (Lipinski definition) is 5. The van der Waals surface area contributed by atoms with Crippen molar-refractivity contribution in [2.24, 2.45) is 4.99 Å². The fourth-order valence-electron chi connectivity index (χ4n) is 2.88. The fourth-order valence-corrected chi connectivity index (χ4v) is 2.88.